The highest BCUT2D eigenvalue weighted by molar-refractivity contribution is 5.95. The van der Waals surface area contributed by atoms with Gasteiger partial charge < -0.3 is 24.8 Å². The van der Waals surface area contributed by atoms with Gasteiger partial charge in [0.05, 0.1) is 0 Å². The Labute approximate surface area is 168 Å². The second-order valence-electron chi connectivity index (χ2n) is 6.71. The van der Waals surface area contributed by atoms with Crippen molar-refractivity contribution in [2.45, 2.75) is 12.8 Å². The molecule has 152 valence electrons. The molecule has 2 aromatic rings. The van der Waals surface area contributed by atoms with Gasteiger partial charge >= 0.3 is 5.97 Å². The number of carboxylic acids is 1. The maximum atomic E-state index is 12.4. The highest BCUT2D eigenvalue weighted by Gasteiger charge is 2.29. The molecule has 0 saturated heterocycles. The second-order valence-corrected chi connectivity index (χ2v) is 6.71. The topological polar surface area (TPSA) is 105 Å². The lowest BCUT2D eigenvalue weighted by atomic mass is 10.2. The molecule has 0 bridgehead atoms. The monoisotopic (exact) mass is 398 g/mol. The summed E-state index contributed by atoms with van der Waals surface area (Å²) in [5, 5.41) is 11.5. The van der Waals surface area contributed by atoms with Crippen LogP contribution < -0.4 is 19.7 Å². The van der Waals surface area contributed by atoms with Gasteiger partial charge in [0.1, 0.15) is 11.5 Å². The van der Waals surface area contributed by atoms with Crippen molar-refractivity contribution >= 4 is 29.2 Å². The lowest BCUT2D eigenvalue weighted by molar-refractivity contribution is -0.139. The lowest BCUT2D eigenvalue weighted by Crippen LogP contribution is -2.31. The minimum absolute atomic E-state index is 0.00809. The third-order valence-electron chi connectivity index (χ3n) is 4.37. The fourth-order valence-corrected chi connectivity index (χ4v) is 2.55. The zero-order valence-electron chi connectivity index (χ0n) is 16.0. The van der Waals surface area contributed by atoms with Crippen LogP contribution in [0, 0.1) is 5.92 Å². The molecule has 0 aliphatic heterocycles. The van der Waals surface area contributed by atoms with E-state index in [1.807, 2.05) is 0 Å². The van der Waals surface area contributed by atoms with Crippen LogP contribution in [-0.4, -0.2) is 43.2 Å². The molecular weight excluding hydrogens is 376 g/mol. The molecule has 8 heteroatoms. The van der Waals surface area contributed by atoms with E-state index in [1.165, 1.54) is 4.90 Å². The van der Waals surface area contributed by atoms with Gasteiger partial charge in [0.2, 0.25) is 5.91 Å². The number of carbonyl (C=O) groups excluding carboxylic acids is 2. The highest BCUT2D eigenvalue weighted by atomic mass is 16.5. The van der Waals surface area contributed by atoms with Crippen molar-refractivity contribution in [1.29, 1.82) is 0 Å². The van der Waals surface area contributed by atoms with Crippen molar-refractivity contribution in [3.63, 3.8) is 0 Å². The smallest absolute Gasteiger partial charge is 0.341 e. The quantitative estimate of drug-likeness (QED) is 0.673. The van der Waals surface area contributed by atoms with Crippen LogP contribution in [0.4, 0.5) is 11.4 Å². The Morgan fingerprint density at radius 1 is 1.03 bits per heavy atom. The van der Waals surface area contributed by atoms with Crippen molar-refractivity contribution < 1.29 is 29.0 Å². The summed E-state index contributed by atoms with van der Waals surface area (Å²) < 4.78 is 10.6. The summed E-state index contributed by atoms with van der Waals surface area (Å²) in [6, 6.07) is 13.4. The molecule has 0 heterocycles. The van der Waals surface area contributed by atoms with Crippen LogP contribution >= 0.6 is 0 Å². The highest BCUT2D eigenvalue weighted by Crippen LogP contribution is 2.30. The lowest BCUT2D eigenvalue weighted by Gasteiger charge is -2.18. The first-order chi connectivity index (χ1) is 13.9. The fraction of sp³-hybridized carbons (Fsp3) is 0.286. The van der Waals surface area contributed by atoms with Crippen LogP contribution in [-0.2, 0) is 14.4 Å². The summed E-state index contributed by atoms with van der Waals surface area (Å²) in [7, 11) is 1.62. The van der Waals surface area contributed by atoms with Gasteiger partial charge in [0.15, 0.2) is 13.2 Å². The molecule has 3 rings (SSSR count). The molecular formula is C21H22N2O6. The number of benzene rings is 2. The summed E-state index contributed by atoms with van der Waals surface area (Å²) in [6.45, 7) is -0.601. The first-order valence-corrected chi connectivity index (χ1v) is 9.17. The van der Waals surface area contributed by atoms with E-state index in [9.17, 15) is 14.4 Å². The van der Waals surface area contributed by atoms with E-state index in [4.69, 9.17) is 14.6 Å². The van der Waals surface area contributed by atoms with E-state index in [1.54, 1.807) is 55.6 Å². The van der Waals surface area contributed by atoms with Gasteiger partial charge in [0, 0.05) is 30.4 Å². The zero-order chi connectivity index (χ0) is 20.8. The number of hydrogen-bond acceptors (Lipinski definition) is 5. The third-order valence-corrected chi connectivity index (χ3v) is 4.37. The number of amides is 2. The van der Waals surface area contributed by atoms with Crippen LogP contribution in [0.15, 0.2) is 48.5 Å². The Morgan fingerprint density at radius 2 is 1.72 bits per heavy atom. The number of carboxylic acid groups (broad SMARTS) is 1. The molecule has 0 radical (unpaired) electrons. The predicted octanol–water partition coefficient (Wildman–Crippen LogP) is 2.54. The average Bonchev–Trinajstić information content (AvgIpc) is 3.56. The molecule has 0 unspecified atom stereocenters. The number of carbonyl (C=O) groups is 3. The minimum atomic E-state index is -1.06. The van der Waals surface area contributed by atoms with Gasteiger partial charge in [-0.25, -0.2) is 4.79 Å². The number of aliphatic carboxylic acids is 1. The Bertz CT molecular complexity index is 892. The number of hydrogen-bond donors (Lipinski definition) is 2. The third kappa shape index (κ3) is 5.97. The number of nitrogens with one attached hydrogen (secondary N) is 1. The first-order valence-electron chi connectivity index (χ1n) is 9.17. The van der Waals surface area contributed by atoms with Gasteiger partial charge in [-0.05, 0) is 49.2 Å². The molecule has 0 spiro atoms. The number of nitrogens with zero attached hydrogens (tertiary/aromatic N) is 1. The minimum Gasteiger partial charge on any atom is -0.484 e. The van der Waals surface area contributed by atoms with Gasteiger partial charge in [0.25, 0.3) is 5.91 Å². The maximum Gasteiger partial charge on any atom is 0.341 e. The Hall–Kier alpha value is -3.55. The number of rotatable bonds is 9. The molecule has 29 heavy (non-hydrogen) atoms. The largest absolute Gasteiger partial charge is 0.484 e. The summed E-state index contributed by atoms with van der Waals surface area (Å²) in [4.78, 5) is 36.2. The molecule has 8 nitrogen and oxygen atoms in total. The van der Waals surface area contributed by atoms with Gasteiger partial charge in [-0.1, -0.05) is 6.07 Å². The molecule has 0 aromatic heterocycles. The van der Waals surface area contributed by atoms with E-state index in [2.05, 4.69) is 5.32 Å². The molecule has 2 aromatic carbocycles. The SMILES string of the molecule is CN(C(=O)COc1cccc(NC(=O)C2CC2)c1)c1ccc(OCC(=O)O)cc1. The van der Waals surface area contributed by atoms with Crippen molar-refractivity contribution in [3.8, 4) is 11.5 Å². The Balaban J connectivity index is 1.52. The van der Waals surface area contributed by atoms with E-state index >= 15 is 0 Å². The van der Waals surface area contributed by atoms with Crippen molar-refractivity contribution in [3.05, 3.63) is 48.5 Å². The standard InChI is InChI=1S/C21H22N2O6/c1-23(16-7-9-17(10-8-16)29-13-20(25)26)19(24)12-28-18-4-2-3-15(11-18)22-21(27)14-5-6-14/h2-4,7-11,14H,5-6,12-13H2,1H3,(H,22,27)(H,25,26). The molecule has 1 aliphatic carbocycles. The van der Waals surface area contributed by atoms with Gasteiger partial charge in [-0.2, -0.15) is 0 Å². The summed E-state index contributed by atoms with van der Waals surface area (Å²) in [5.41, 5.74) is 1.25. The van der Waals surface area contributed by atoms with Crippen molar-refractivity contribution in [2.75, 3.05) is 30.5 Å². The van der Waals surface area contributed by atoms with E-state index < -0.39 is 12.6 Å². The summed E-state index contributed by atoms with van der Waals surface area (Å²) in [5.74, 6) is -0.327. The predicted molar refractivity (Wildman–Crippen MR) is 106 cm³/mol. The van der Waals surface area contributed by atoms with E-state index in [-0.39, 0.29) is 24.3 Å². The molecule has 0 atom stereocenters. The zero-order valence-corrected chi connectivity index (χ0v) is 16.0. The van der Waals surface area contributed by atoms with Crippen LogP contribution in [0.1, 0.15) is 12.8 Å². The number of ether oxygens (including phenoxy) is 2. The maximum absolute atomic E-state index is 12.4. The van der Waals surface area contributed by atoms with Gasteiger partial charge in [-0.15, -0.1) is 0 Å². The Kier molecular flexibility index (Phi) is 6.33. The molecule has 1 aliphatic rings. The van der Waals surface area contributed by atoms with E-state index in [0.717, 1.165) is 12.8 Å². The van der Waals surface area contributed by atoms with Crippen molar-refractivity contribution in [2.24, 2.45) is 5.92 Å². The van der Waals surface area contributed by atoms with Crippen LogP contribution in [0.3, 0.4) is 0 Å². The first kappa shape index (κ1) is 20.2. The number of anilines is 2. The second kappa shape index (κ2) is 9.09. The molecule has 1 saturated carbocycles. The van der Waals surface area contributed by atoms with Crippen LogP contribution in [0.25, 0.3) is 0 Å². The van der Waals surface area contributed by atoms with E-state index in [0.29, 0.717) is 22.9 Å². The van der Waals surface area contributed by atoms with Crippen LogP contribution in [0.5, 0.6) is 11.5 Å². The fourth-order valence-electron chi connectivity index (χ4n) is 2.55. The van der Waals surface area contributed by atoms with Crippen molar-refractivity contribution in [1.82, 2.24) is 0 Å². The summed E-state index contributed by atoms with van der Waals surface area (Å²) >= 11 is 0. The normalized spacial score (nSPS) is 12.7. The number of likely N-dealkylation sites (N-methyl/N-ethyl adjacent to an activating group) is 1. The molecule has 2 N–H and O–H groups in total. The Morgan fingerprint density at radius 3 is 2.38 bits per heavy atom. The average molecular weight is 398 g/mol. The molecule has 2 amide bonds. The summed E-state index contributed by atoms with van der Waals surface area (Å²) in [6.07, 6.45) is 1.85. The molecule has 1 fully saturated rings. The van der Waals surface area contributed by atoms with Gasteiger partial charge in [-0.3, -0.25) is 9.59 Å². The van der Waals surface area contributed by atoms with Crippen LogP contribution in [0.2, 0.25) is 0 Å².